The summed E-state index contributed by atoms with van der Waals surface area (Å²) in [5.41, 5.74) is 0.716. The molecule has 2 rings (SSSR count). The number of ether oxygens (including phenoxy) is 3. The monoisotopic (exact) mass is 395 g/mol. The quantitative estimate of drug-likeness (QED) is 0.368. The van der Waals surface area contributed by atoms with Gasteiger partial charge in [0.05, 0.1) is 30.4 Å². The van der Waals surface area contributed by atoms with Crippen LogP contribution in [0.1, 0.15) is 56.9 Å². The molecule has 0 saturated heterocycles. The molecule has 0 unspecified atom stereocenters. The number of aromatic nitrogens is 1. The molecule has 27 heavy (non-hydrogen) atoms. The minimum absolute atomic E-state index is 0.103. The van der Waals surface area contributed by atoms with Gasteiger partial charge in [0, 0.05) is 12.1 Å². The summed E-state index contributed by atoms with van der Waals surface area (Å²) in [4.78, 5) is 11.8. The van der Waals surface area contributed by atoms with E-state index < -0.39 is 5.97 Å². The second kappa shape index (κ2) is 10.8. The maximum absolute atomic E-state index is 11.8. The third-order valence-electron chi connectivity index (χ3n) is 3.81. The predicted molar refractivity (Wildman–Crippen MR) is 104 cm³/mol. The number of halogens is 1. The Morgan fingerprint density at radius 3 is 2.33 bits per heavy atom. The van der Waals surface area contributed by atoms with E-state index in [2.05, 4.69) is 19.0 Å². The average molecular weight is 396 g/mol. The fraction of sp³-hybridized carbons (Fsp3) is 0.500. The van der Waals surface area contributed by atoms with Crippen LogP contribution in [0, 0.1) is 0 Å². The van der Waals surface area contributed by atoms with Crippen LogP contribution >= 0.6 is 11.6 Å². The minimum Gasteiger partial charge on any atom is -0.493 e. The molecule has 1 aromatic heterocycles. The Labute approximate surface area is 164 Å². The summed E-state index contributed by atoms with van der Waals surface area (Å²) in [5.74, 6) is 0.981. The molecule has 0 amide bonds. The molecule has 0 atom stereocenters. The van der Waals surface area contributed by atoms with Crippen molar-refractivity contribution in [1.82, 2.24) is 5.16 Å². The maximum Gasteiger partial charge on any atom is 0.360 e. The average Bonchev–Trinajstić information content (AvgIpc) is 3.14. The lowest BCUT2D eigenvalue weighted by Gasteiger charge is -2.14. The van der Waals surface area contributed by atoms with Gasteiger partial charge in [-0.1, -0.05) is 43.4 Å². The molecule has 148 valence electrons. The Kier molecular flexibility index (Phi) is 8.45. The normalized spacial score (nSPS) is 10.7. The number of hydrogen-bond donors (Lipinski definition) is 0. The number of carbonyl (C=O) groups is 1. The molecule has 0 saturated carbocycles. The number of hydrogen-bond acceptors (Lipinski definition) is 6. The van der Waals surface area contributed by atoms with E-state index in [1.165, 1.54) is 6.07 Å². The van der Waals surface area contributed by atoms with E-state index in [0.717, 1.165) is 25.7 Å². The minimum atomic E-state index is -0.536. The summed E-state index contributed by atoms with van der Waals surface area (Å²) in [6, 6.07) is 4.99. The van der Waals surface area contributed by atoms with E-state index >= 15 is 0 Å². The zero-order chi connectivity index (χ0) is 19.6. The van der Waals surface area contributed by atoms with Gasteiger partial charge in [-0.25, -0.2) is 4.79 Å². The van der Waals surface area contributed by atoms with Crippen LogP contribution in [0.5, 0.6) is 11.5 Å². The molecule has 0 bridgehead atoms. The topological polar surface area (TPSA) is 70.8 Å². The Balaban J connectivity index is 2.32. The first-order chi connectivity index (χ1) is 13.1. The molecule has 2 aromatic rings. The molecule has 0 aliphatic rings. The third-order valence-corrected chi connectivity index (χ3v) is 4.10. The van der Waals surface area contributed by atoms with Crippen LogP contribution in [-0.2, 0) is 4.74 Å². The molecular formula is C20H26ClNO5. The van der Waals surface area contributed by atoms with Gasteiger partial charge in [0.2, 0.25) is 0 Å². The van der Waals surface area contributed by atoms with Crippen LogP contribution in [0.15, 0.2) is 22.7 Å². The number of unbranched alkanes of at least 4 members (excludes halogenated alkanes) is 2. The first-order valence-electron chi connectivity index (χ1n) is 9.34. The molecule has 0 aliphatic carbocycles. The number of carbonyl (C=O) groups excluding carboxylic acids is 1. The second-order valence-electron chi connectivity index (χ2n) is 5.98. The largest absolute Gasteiger partial charge is 0.493 e. The third kappa shape index (κ3) is 5.89. The van der Waals surface area contributed by atoms with Gasteiger partial charge in [-0.3, -0.25) is 0 Å². The molecule has 1 aromatic carbocycles. The lowest BCUT2D eigenvalue weighted by Crippen LogP contribution is -2.04. The van der Waals surface area contributed by atoms with Gasteiger partial charge in [0.1, 0.15) is 11.5 Å². The molecule has 6 nitrogen and oxygen atoms in total. The van der Waals surface area contributed by atoms with E-state index in [0.29, 0.717) is 41.1 Å². The number of benzene rings is 1. The van der Waals surface area contributed by atoms with Crippen LogP contribution in [-0.4, -0.2) is 30.9 Å². The molecule has 0 spiro atoms. The van der Waals surface area contributed by atoms with Crippen LogP contribution in [0.4, 0.5) is 0 Å². The highest BCUT2D eigenvalue weighted by Gasteiger charge is 2.20. The van der Waals surface area contributed by atoms with Gasteiger partial charge < -0.3 is 18.7 Å². The lowest BCUT2D eigenvalue weighted by atomic mass is 10.1. The summed E-state index contributed by atoms with van der Waals surface area (Å²) in [6.07, 6.45) is 3.90. The van der Waals surface area contributed by atoms with Gasteiger partial charge in [0.15, 0.2) is 11.5 Å². The van der Waals surface area contributed by atoms with E-state index in [4.69, 9.17) is 30.3 Å². The Hall–Kier alpha value is -2.21. The summed E-state index contributed by atoms with van der Waals surface area (Å²) in [7, 11) is 0. The highest BCUT2D eigenvalue weighted by molar-refractivity contribution is 6.32. The summed E-state index contributed by atoms with van der Waals surface area (Å²) >= 11 is 6.38. The van der Waals surface area contributed by atoms with Crippen molar-refractivity contribution in [2.45, 2.75) is 46.5 Å². The van der Waals surface area contributed by atoms with Crippen molar-refractivity contribution >= 4 is 17.6 Å². The highest BCUT2D eigenvalue weighted by Crippen LogP contribution is 2.39. The molecule has 0 aliphatic heterocycles. The zero-order valence-corrected chi connectivity index (χ0v) is 16.8. The second-order valence-corrected chi connectivity index (χ2v) is 6.39. The van der Waals surface area contributed by atoms with Crippen molar-refractivity contribution in [1.29, 1.82) is 0 Å². The van der Waals surface area contributed by atoms with Crippen molar-refractivity contribution in [3.8, 4) is 22.8 Å². The molecule has 1 heterocycles. The summed E-state index contributed by atoms with van der Waals surface area (Å²) in [6.45, 7) is 7.32. The lowest BCUT2D eigenvalue weighted by molar-refractivity contribution is 0.0514. The zero-order valence-electron chi connectivity index (χ0n) is 16.0. The summed E-state index contributed by atoms with van der Waals surface area (Å²) in [5, 5.41) is 4.22. The fourth-order valence-corrected chi connectivity index (χ4v) is 2.53. The van der Waals surface area contributed by atoms with Gasteiger partial charge in [0.25, 0.3) is 0 Å². The highest BCUT2D eigenvalue weighted by atomic mass is 35.5. The molecule has 0 radical (unpaired) electrons. The van der Waals surface area contributed by atoms with Crippen molar-refractivity contribution < 1.29 is 23.5 Å². The van der Waals surface area contributed by atoms with E-state index in [1.54, 1.807) is 19.1 Å². The number of esters is 1. The first kappa shape index (κ1) is 21.1. The van der Waals surface area contributed by atoms with Crippen LogP contribution in [0.2, 0.25) is 5.02 Å². The van der Waals surface area contributed by atoms with Crippen LogP contribution < -0.4 is 9.47 Å². The van der Waals surface area contributed by atoms with Crippen molar-refractivity contribution in [3.05, 3.63) is 28.9 Å². The van der Waals surface area contributed by atoms with Gasteiger partial charge in [-0.15, -0.1) is 0 Å². The van der Waals surface area contributed by atoms with E-state index in [9.17, 15) is 4.79 Å². The standard InChI is InChI=1S/C20H26ClNO5/c1-4-7-9-25-17-13-19(26-10-8-5-2)15(21)11-14(17)18-12-16(22-27-18)20(23)24-6-3/h11-13H,4-10H2,1-3H3. The molecule has 0 fully saturated rings. The number of nitrogens with zero attached hydrogens (tertiary/aromatic N) is 1. The summed E-state index contributed by atoms with van der Waals surface area (Å²) < 4.78 is 21.9. The molecule has 7 heteroatoms. The number of rotatable bonds is 11. The van der Waals surface area contributed by atoms with Gasteiger partial charge in [-0.05, 0) is 25.8 Å². The first-order valence-corrected chi connectivity index (χ1v) is 9.71. The van der Waals surface area contributed by atoms with Crippen molar-refractivity contribution in [2.75, 3.05) is 19.8 Å². The predicted octanol–water partition coefficient (Wildman–Crippen LogP) is 5.53. The Morgan fingerprint density at radius 2 is 1.70 bits per heavy atom. The SMILES string of the molecule is CCCCOc1cc(OCCCC)c(-c2cc(C(=O)OCC)no2)cc1Cl. The van der Waals surface area contributed by atoms with Crippen molar-refractivity contribution in [3.63, 3.8) is 0 Å². The van der Waals surface area contributed by atoms with Crippen molar-refractivity contribution in [2.24, 2.45) is 0 Å². The van der Waals surface area contributed by atoms with Gasteiger partial charge in [-0.2, -0.15) is 0 Å². The fourth-order valence-electron chi connectivity index (χ4n) is 2.31. The van der Waals surface area contributed by atoms with Crippen LogP contribution in [0.25, 0.3) is 11.3 Å². The van der Waals surface area contributed by atoms with Crippen LogP contribution in [0.3, 0.4) is 0 Å². The van der Waals surface area contributed by atoms with E-state index in [-0.39, 0.29) is 12.3 Å². The Bertz CT molecular complexity index is 744. The smallest absolute Gasteiger partial charge is 0.360 e. The molecular weight excluding hydrogens is 370 g/mol. The van der Waals surface area contributed by atoms with E-state index in [1.807, 2.05) is 0 Å². The van der Waals surface area contributed by atoms with Gasteiger partial charge >= 0.3 is 5.97 Å². The molecule has 0 N–H and O–H groups in total. The maximum atomic E-state index is 11.8. The Morgan fingerprint density at radius 1 is 1.04 bits per heavy atom.